The van der Waals surface area contributed by atoms with Gasteiger partial charge in [-0.25, -0.2) is 14.2 Å². The van der Waals surface area contributed by atoms with E-state index in [2.05, 4.69) is 4.98 Å². The van der Waals surface area contributed by atoms with Crippen molar-refractivity contribution in [2.24, 2.45) is 0 Å². The summed E-state index contributed by atoms with van der Waals surface area (Å²) in [5.74, 6) is -1.11. The molecule has 1 heterocycles. The minimum atomic E-state index is -1.06. The maximum Gasteiger partial charge on any atom is 0.335 e. The molecule has 3 aromatic rings. The Labute approximate surface area is 118 Å². The molecule has 5 nitrogen and oxygen atoms in total. The molecule has 106 valence electrons. The third kappa shape index (κ3) is 2.31. The number of hydrogen-bond donors (Lipinski definition) is 1. The van der Waals surface area contributed by atoms with Crippen molar-refractivity contribution in [2.45, 2.75) is 0 Å². The smallest absolute Gasteiger partial charge is 0.335 e. The lowest BCUT2D eigenvalue weighted by Gasteiger charge is -2.01. The molecule has 0 fully saturated rings. The SMILES string of the molecule is COc1ccc(-c2nc3ccc(C(=O)O)cc3o2)c(F)c1. The van der Waals surface area contributed by atoms with Crippen molar-refractivity contribution in [1.29, 1.82) is 0 Å². The number of methoxy groups -OCH3 is 1. The standard InChI is InChI=1S/C15H10FNO4/c1-20-9-3-4-10(11(16)7-9)14-17-12-5-2-8(15(18)19)6-13(12)21-14/h2-7H,1H3,(H,18,19). The summed E-state index contributed by atoms with van der Waals surface area (Å²) in [4.78, 5) is 15.1. The van der Waals surface area contributed by atoms with Crippen molar-refractivity contribution < 1.29 is 23.4 Å². The summed E-state index contributed by atoms with van der Waals surface area (Å²) in [6.07, 6.45) is 0. The van der Waals surface area contributed by atoms with Crippen LogP contribution in [0.1, 0.15) is 10.4 Å². The van der Waals surface area contributed by atoms with Gasteiger partial charge in [-0.2, -0.15) is 0 Å². The largest absolute Gasteiger partial charge is 0.497 e. The molecule has 0 saturated carbocycles. The number of oxazole rings is 1. The van der Waals surface area contributed by atoms with Gasteiger partial charge >= 0.3 is 5.97 Å². The lowest BCUT2D eigenvalue weighted by molar-refractivity contribution is 0.0697. The molecule has 0 aliphatic carbocycles. The number of aromatic nitrogens is 1. The second-order valence-electron chi connectivity index (χ2n) is 4.35. The highest BCUT2D eigenvalue weighted by Gasteiger charge is 2.14. The molecule has 1 aromatic heterocycles. The number of rotatable bonds is 3. The third-order valence-corrected chi connectivity index (χ3v) is 3.04. The number of carbonyl (C=O) groups is 1. The van der Waals surface area contributed by atoms with Crippen molar-refractivity contribution in [1.82, 2.24) is 4.98 Å². The van der Waals surface area contributed by atoms with Crippen molar-refractivity contribution >= 4 is 17.1 Å². The molecule has 21 heavy (non-hydrogen) atoms. The average molecular weight is 287 g/mol. The average Bonchev–Trinajstić information content (AvgIpc) is 2.89. The minimum Gasteiger partial charge on any atom is -0.497 e. The van der Waals surface area contributed by atoms with Crippen LogP contribution in [0.15, 0.2) is 40.8 Å². The Kier molecular flexibility index (Phi) is 3.06. The number of benzene rings is 2. The first-order chi connectivity index (χ1) is 10.1. The third-order valence-electron chi connectivity index (χ3n) is 3.04. The predicted molar refractivity (Wildman–Crippen MR) is 72.9 cm³/mol. The highest BCUT2D eigenvalue weighted by Crippen LogP contribution is 2.29. The first-order valence-corrected chi connectivity index (χ1v) is 6.06. The predicted octanol–water partition coefficient (Wildman–Crippen LogP) is 3.34. The first kappa shape index (κ1) is 13.1. The van der Waals surface area contributed by atoms with Gasteiger partial charge in [0.15, 0.2) is 5.58 Å². The van der Waals surface area contributed by atoms with E-state index in [0.29, 0.717) is 16.8 Å². The summed E-state index contributed by atoms with van der Waals surface area (Å²) >= 11 is 0. The Hall–Kier alpha value is -2.89. The summed E-state index contributed by atoms with van der Waals surface area (Å²) in [6.45, 7) is 0. The van der Waals surface area contributed by atoms with Gasteiger partial charge < -0.3 is 14.3 Å². The Morgan fingerprint density at radius 2 is 2.10 bits per heavy atom. The molecule has 0 radical (unpaired) electrons. The molecule has 0 aliphatic rings. The first-order valence-electron chi connectivity index (χ1n) is 6.06. The number of halogens is 1. The zero-order valence-corrected chi connectivity index (χ0v) is 11.0. The van der Waals surface area contributed by atoms with Crippen LogP contribution >= 0.6 is 0 Å². The van der Waals surface area contributed by atoms with Gasteiger partial charge in [-0.15, -0.1) is 0 Å². The molecule has 0 aliphatic heterocycles. The number of ether oxygens (including phenoxy) is 1. The summed E-state index contributed by atoms with van der Waals surface area (Å²) in [5.41, 5.74) is 1.02. The van der Waals surface area contributed by atoms with E-state index < -0.39 is 11.8 Å². The summed E-state index contributed by atoms with van der Waals surface area (Å²) in [7, 11) is 1.45. The number of hydrogen-bond acceptors (Lipinski definition) is 4. The number of nitrogens with zero attached hydrogens (tertiary/aromatic N) is 1. The maximum absolute atomic E-state index is 14.0. The molecular weight excluding hydrogens is 277 g/mol. The van der Waals surface area contributed by atoms with Crippen LogP contribution in [0.25, 0.3) is 22.6 Å². The van der Waals surface area contributed by atoms with Crippen LogP contribution in [0.5, 0.6) is 5.75 Å². The normalized spacial score (nSPS) is 10.8. The quantitative estimate of drug-likeness (QED) is 0.799. The van der Waals surface area contributed by atoms with Crippen LogP contribution in [0.4, 0.5) is 4.39 Å². The van der Waals surface area contributed by atoms with E-state index in [0.717, 1.165) is 0 Å². The van der Waals surface area contributed by atoms with E-state index in [1.54, 1.807) is 6.07 Å². The van der Waals surface area contributed by atoms with Crippen molar-refractivity contribution in [2.75, 3.05) is 7.11 Å². The molecule has 6 heteroatoms. The van der Waals surface area contributed by atoms with Gasteiger partial charge in [0, 0.05) is 6.07 Å². The Balaban J connectivity index is 2.10. The van der Waals surface area contributed by atoms with E-state index in [4.69, 9.17) is 14.3 Å². The van der Waals surface area contributed by atoms with Crippen LogP contribution in [-0.4, -0.2) is 23.2 Å². The fourth-order valence-electron chi connectivity index (χ4n) is 1.97. The van der Waals surface area contributed by atoms with E-state index in [1.807, 2.05) is 0 Å². The number of carboxylic acid groups (broad SMARTS) is 1. The molecule has 0 bridgehead atoms. The molecule has 0 atom stereocenters. The van der Waals surface area contributed by atoms with E-state index in [1.165, 1.54) is 37.4 Å². The van der Waals surface area contributed by atoms with E-state index >= 15 is 0 Å². The van der Waals surface area contributed by atoms with Gasteiger partial charge in [-0.1, -0.05) is 0 Å². The van der Waals surface area contributed by atoms with Gasteiger partial charge in [-0.05, 0) is 30.3 Å². The lowest BCUT2D eigenvalue weighted by Crippen LogP contribution is -1.94. The van der Waals surface area contributed by atoms with Crippen molar-refractivity contribution in [3.05, 3.63) is 47.8 Å². The van der Waals surface area contributed by atoms with Gasteiger partial charge in [0.2, 0.25) is 5.89 Å². The molecule has 0 unspecified atom stereocenters. The van der Waals surface area contributed by atoms with E-state index in [9.17, 15) is 9.18 Å². The molecule has 1 N–H and O–H groups in total. The van der Waals surface area contributed by atoms with Crippen LogP contribution in [-0.2, 0) is 0 Å². The topological polar surface area (TPSA) is 72.6 Å². The molecule has 0 amide bonds. The Bertz CT molecular complexity index is 841. The van der Waals surface area contributed by atoms with Crippen molar-refractivity contribution in [3.63, 3.8) is 0 Å². The van der Waals surface area contributed by atoms with Gasteiger partial charge in [-0.3, -0.25) is 0 Å². The second-order valence-corrected chi connectivity index (χ2v) is 4.35. The highest BCUT2D eigenvalue weighted by molar-refractivity contribution is 5.92. The zero-order chi connectivity index (χ0) is 15.0. The van der Waals surface area contributed by atoms with Gasteiger partial charge in [0.25, 0.3) is 0 Å². The second kappa shape index (κ2) is 4.90. The lowest BCUT2D eigenvalue weighted by atomic mass is 10.2. The van der Waals surface area contributed by atoms with E-state index in [-0.39, 0.29) is 17.0 Å². The fraction of sp³-hybridized carbons (Fsp3) is 0.0667. The zero-order valence-electron chi connectivity index (χ0n) is 11.0. The molecule has 2 aromatic carbocycles. The fourth-order valence-corrected chi connectivity index (χ4v) is 1.97. The number of carboxylic acids is 1. The molecule has 0 spiro atoms. The van der Waals surface area contributed by atoms with Crippen LogP contribution in [0, 0.1) is 5.82 Å². The Morgan fingerprint density at radius 3 is 2.76 bits per heavy atom. The highest BCUT2D eigenvalue weighted by atomic mass is 19.1. The van der Waals surface area contributed by atoms with Crippen molar-refractivity contribution in [3.8, 4) is 17.2 Å². The van der Waals surface area contributed by atoms with Gasteiger partial charge in [0.05, 0.1) is 18.2 Å². The molecular formula is C15H10FNO4. The monoisotopic (exact) mass is 287 g/mol. The van der Waals surface area contributed by atoms with Crippen LogP contribution < -0.4 is 4.74 Å². The minimum absolute atomic E-state index is 0.0837. The summed E-state index contributed by atoms with van der Waals surface area (Å²) < 4.78 is 24.4. The van der Waals surface area contributed by atoms with Crippen LogP contribution in [0.3, 0.4) is 0 Å². The number of aromatic carboxylic acids is 1. The number of fused-ring (bicyclic) bond motifs is 1. The maximum atomic E-state index is 14.0. The van der Waals surface area contributed by atoms with Crippen LogP contribution in [0.2, 0.25) is 0 Å². The summed E-state index contributed by atoms with van der Waals surface area (Å²) in [6, 6.07) is 8.62. The molecule has 0 saturated heterocycles. The molecule has 3 rings (SSSR count). The Morgan fingerprint density at radius 1 is 1.29 bits per heavy atom. The summed E-state index contributed by atoms with van der Waals surface area (Å²) in [5, 5.41) is 8.93. The van der Waals surface area contributed by atoms with Gasteiger partial charge in [0.1, 0.15) is 17.1 Å².